The van der Waals surface area contributed by atoms with Gasteiger partial charge >= 0.3 is 0 Å². The van der Waals surface area contributed by atoms with Crippen LogP contribution in [-0.2, 0) is 0 Å². The second kappa shape index (κ2) is 2.05. The molecule has 12 heavy (non-hydrogen) atoms. The smallest absolute Gasteiger partial charge is 0.0883 e. The van der Waals surface area contributed by atoms with Crippen LogP contribution in [0.1, 0.15) is 33.6 Å². The molecule has 3 aliphatic rings. The largest absolute Gasteiger partial charge is 0.390 e. The van der Waals surface area contributed by atoms with E-state index in [9.17, 15) is 10.2 Å². The number of hydrogen-bond donors (Lipinski definition) is 2. The molecule has 0 aromatic carbocycles. The highest BCUT2D eigenvalue weighted by Crippen LogP contribution is 2.61. The van der Waals surface area contributed by atoms with Crippen molar-refractivity contribution in [1.82, 2.24) is 0 Å². The third-order valence-corrected chi connectivity index (χ3v) is 4.22. The maximum Gasteiger partial charge on any atom is 0.0883 e. The lowest BCUT2D eigenvalue weighted by atomic mass is 9.45. The van der Waals surface area contributed by atoms with Crippen LogP contribution < -0.4 is 0 Å². The standard InChI is InChI=1S/C10H18O2/c1-9(2)6-4-7(9)8(11)10(3,12)5-6/h6-8,11-12H,4-5H2,1-3H3. The van der Waals surface area contributed by atoms with Gasteiger partial charge in [-0.1, -0.05) is 13.8 Å². The summed E-state index contributed by atoms with van der Waals surface area (Å²) in [6.45, 7) is 6.15. The van der Waals surface area contributed by atoms with Gasteiger partial charge in [0.1, 0.15) is 0 Å². The van der Waals surface area contributed by atoms with Crippen molar-refractivity contribution in [2.45, 2.75) is 45.3 Å². The van der Waals surface area contributed by atoms with Crippen molar-refractivity contribution < 1.29 is 10.2 Å². The van der Waals surface area contributed by atoms with Crippen LogP contribution in [0.4, 0.5) is 0 Å². The minimum absolute atomic E-state index is 0.252. The molecule has 0 aromatic rings. The maximum absolute atomic E-state index is 9.83. The molecule has 2 bridgehead atoms. The predicted molar refractivity (Wildman–Crippen MR) is 46.6 cm³/mol. The second-order valence-electron chi connectivity index (χ2n) is 5.37. The third kappa shape index (κ3) is 0.826. The number of hydrogen-bond acceptors (Lipinski definition) is 2. The Kier molecular flexibility index (Phi) is 1.45. The van der Waals surface area contributed by atoms with Gasteiger partial charge in [0.25, 0.3) is 0 Å². The van der Waals surface area contributed by atoms with Gasteiger partial charge in [-0.05, 0) is 37.0 Å². The van der Waals surface area contributed by atoms with Crippen molar-refractivity contribution in [3.8, 4) is 0 Å². The van der Waals surface area contributed by atoms with E-state index in [2.05, 4.69) is 13.8 Å². The van der Waals surface area contributed by atoms with E-state index >= 15 is 0 Å². The molecule has 3 rings (SSSR count). The Labute approximate surface area is 73.6 Å². The van der Waals surface area contributed by atoms with Crippen molar-refractivity contribution in [2.75, 3.05) is 0 Å². The Bertz CT molecular complexity index is 200. The van der Waals surface area contributed by atoms with Crippen LogP contribution in [0.2, 0.25) is 0 Å². The molecule has 0 radical (unpaired) electrons. The molecule has 2 N–H and O–H groups in total. The van der Waals surface area contributed by atoms with Gasteiger partial charge in [0.2, 0.25) is 0 Å². The molecular formula is C10H18O2. The van der Waals surface area contributed by atoms with E-state index in [0.717, 1.165) is 12.8 Å². The van der Waals surface area contributed by atoms with E-state index in [4.69, 9.17) is 0 Å². The molecule has 3 aliphatic carbocycles. The molecule has 0 aromatic heterocycles. The molecular weight excluding hydrogens is 152 g/mol. The van der Waals surface area contributed by atoms with E-state index in [1.165, 1.54) is 0 Å². The lowest BCUT2D eigenvalue weighted by molar-refractivity contribution is -0.233. The van der Waals surface area contributed by atoms with Crippen LogP contribution >= 0.6 is 0 Å². The maximum atomic E-state index is 9.83. The van der Waals surface area contributed by atoms with Gasteiger partial charge in [0.05, 0.1) is 11.7 Å². The first kappa shape index (κ1) is 8.52. The van der Waals surface area contributed by atoms with Crippen molar-refractivity contribution in [3.05, 3.63) is 0 Å². The topological polar surface area (TPSA) is 40.5 Å². The number of fused-ring (bicyclic) bond motifs is 2. The van der Waals surface area contributed by atoms with Crippen LogP contribution in [0.25, 0.3) is 0 Å². The monoisotopic (exact) mass is 170 g/mol. The molecule has 4 atom stereocenters. The van der Waals surface area contributed by atoms with Gasteiger partial charge in [0, 0.05) is 0 Å². The Morgan fingerprint density at radius 2 is 1.83 bits per heavy atom. The first-order chi connectivity index (χ1) is 5.36. The fraction of sp³-hybridized carbons (Fsp3) is 1.00. The molecule has 70 valence electrons. The Balaban J connectivity index is 2.23. The quantitative estimate of drug-likeness (QED) is 0.573. The second-order valence-corrected chi connectivity index (χ2v) is 5.37. The Morgan fingerprint density at radius 1 is 1.25 bits per heavy atom. The highest BCUT2D eigenvalue weighted by atomic mass is 16.3. The predicted octanol–water partition coefficient (Wildman–Crippen LogP) is 1.16. The zero-order chi connectivity index (χ0) is 9.15. The van der Waals surface area contributed by atoms with Crippen molar-refractivity contribution in [3.63, 3.8) is 0 Å². The summed E-state index contributed by atoms with van der Waals surface area (Å²) < 4.78 is 0. The summed E-state index contributed by atoms with van der Waals surface area (Å²) in [6, 6.07) is 0. The number of aliphatic hydroxyl groups is 2. The summed E-state index contributed by atoms with van der Waals surface area (Å²) in [5, 5.41) is 19.7. The van der Waals surface area contributed by atoms with Crippen LogP contribution in [0.5, 0.6) is 0 Å². The number of aliphatic hydroxyl groups excluding tert-OH is 1. The van der Waals surface area contributed by atoms with E-state index in [-0.39, 0.29) is 5.41 Å². The van der Waals surface area contributed by atoms with Gasteiger partial charge in [-0.15, -0.1) is 0 Å². The Hall–Kier alpha value is -0.0800. The lowest BCUT2D eigenvalue weighted by Crippen LogP contribution is -2.64. The Morgan fingerprint density at radius 3 is 2.17 bits per heavy atom. The zero-order valence-electron chi connectivity index (χ0n) is 8.04. The van der Waals surface area contributed by atoms with E-state index in [1.54, 1.807) is 6.92 Å². The highest BCUT2D eigenvalue weighted by Gasteiger charge is 2.61. The molecule has 0 spiro atoms. The minimum atomic E-state index is -0.830. The summed E-state index contributed by atoms with van der Waals surface area (Å²) >= 11 is 0. The van der Waals surface area contributed by atoms with Crippen molar-refractivity contribution in [1.29, 1.82) is 0 Å². The summed E-state index contributed by atoms with van der Waals surface area (Å²) in [5.74, 6) is 0.923. The average Bonchev–Trinajstić information content (AvgIpc) is 1.93. The fourth-order valence-electron chi connectivity index (χ4n) is 2.99. The van der Waals surface area contributed by atoms with Gasteiger partial charge in [-0.2, -0.15) is 0 Å². The zero-order valence-corrected chi connectivity index (χ0v) is 8.04. The summed E-state index contributed by atoms with van der Waals surface area (Å²) in [7, 11) is 0. The van der Waals surface area contributed by atoms with E-state index < -0.39 is 11.7 Å². The normalized spacial score (nSPS) is 56.2. The third-order valence-electron chi connectivity index (χ3n) is 4.22. The van der Waals surface area contributed by atoms with Crippen LogP contribution in [0.3, 0.4) is 0 Å². The van der Waals surface area contributed by atoms with Crippen LogP contribution in [-0.4, -0.2) is 21.9 Å². The SMILES string of the molecule is CC1(O)CC2CC(C1O)C2(C)C. The molecule has 3 saturated carbocycles. The highest BCUT2D eigenvalue weighted by molar-refractivity contribution is 5.10. The molecule has 4 unspecified atom stereocenters. The van der Waals surface area contributed by atoms with Crippen LogP contribution in [0.15, 0.2) is 0 Å². The molecule has 0 aliphatic heterocycles. The van der Waals surface area contributed by atoms with Gasteiger partial charge in [-0.25, -0.2) is 0 Å². The minimum Gasteiger partial charge on any atom is -0.390 e. The molecule has 0 heterocycles. The summed E-state index contributed by atoms with van der Waals surface area (Å²) in [5.41, 5.74) is -0.579. The molecule has 0 saturated heterocycles. The molecule has 2 nitrogen and oxygen atoms in total. The summed E-state index contributed by atoms with van der Waals surface area (Å²) in [4.78, 5) is 0. The molecule has 3 fully saturated rings. The lowest BCUT2D eigenvalue weighted by Gasteiger charge is -2.63. The van der Waals surface area contributed by atoms with E-state index in [0.29, 0.717) is 11.8 Å². The van der Waals surface area contributed by atoms with Gasteiger partial charge < -0.3 is 10.2 Å². The first-order valence-electron chi connectivity index (χ1n) is 4.76. The van der Waals surface area contributed by atoms with Crippen molar-refractivity contribution in [2.24, 2.45) is 17.3 Å². The van der Waals surface area contributed by atoms with Gasteiger partial charge in [0.15, 0.2) is 0 Å². The number of rotatable bonds is 0. The van der Waals surface area contributed by atoms with E-state index in [1.807, 2.05) is 0 Å². The summed E-state index contributed by atoms with van der Waals surface area (Å²) in [6.07, 6.45) is 1.35. The average molecular weight is 170 g/mol. The molecule has 2 heteroatoms. The van der Waals surface area contributed by atoms with Crippen molar-refractivity contribution >= 4 is 0 Å². The molecule has 0 amide bonds. The fourth-order valence-corrected chi connectivity index (χ4v) is 2.99. The van der Waals surface area contributed by atoms with Crippen LogP contribution in [0, 0.1) is 17.3 Å². The first-order valence-corrected chi connectivity index (χ1v) is 4.76. The van der Waals surface area contributed by atoms with Gasteiger partial charge in [-0.3, -0.25) is 0 Å².